The van der Waals surface area contributed by atoms with Crippen molar-refractivity contribution in [1.29, 1.82) is 0 Å². The second-order valence-corrected chi connectivity index (χ2v) is 12.9. The number of anilines is 1. The molecule has 2 aromatic carbocycles. The molecule has 3 heterocycles. The standard InChI is InChI=1S/C26H31ClN6O3S2/c1-5-33-24(18(3)30-38(34,35)25-17(2)22-15-19(27)9-10-23(22)37-25)28-29-26(33)36-21-8-6-7-20(16-21)32-13-11-31(4)12-14-32/h6-10,15-16,18,30H,5,11-14H2,1-4H3/t18-/m1/s1. The Labute approximate surface area is 232 Å². The number of hydrogen-bond acceptors (Lipinski definition) is 8. The van der Waals surface area contributed by atoms with Crippen LogP contribution in [0.15, 0.2) is 46.7 Å². The van der Waals surface area contributed by atoms with Gasteiger partial charge in [-0.2, -0.15) is 4.72 Å². The number of ether oxygens (including phenoxy) is 1. The van der Waals surface area contributed by atoms with Crippen molar-refractivity contribution in [2.24, 2.45) is 0 Å². The topological polar surface area (TPSA) is 92.6 Å². The van der Waals surface area contributed by atoms with Gasteiger partial charge in [0.05, 0.1) is 6.04 Å². The zero-order valence-corrected chi connectivity index (χ0v) is 24.2. The van der Waals surface area contributed by atoms with E-state index in [1.54, 1.807) is 30.5 Å². The molecule has 0 unspecified atom stereocenters. The van der Waals surface area contributed by atoms with Crippen molar-refractivity contribution in [2.75, 3.05) is 38.1 Å². The van der Waals surface area contributed by atoms with Gasteiger partial charge in [-0.25, -0.2) is 8.42 Å². The van der Waals surface area contributed by atoms with Gasteiger partial charge in [-0.3, -0.25) is 4.57 Å². The van der Waals surface area contributed by atoms with Crippen LogP contribution in [0.4, 0.5) is 5.69 Å². The summed E-state index contributed by atoms with van der Waals surface area (Å²) in [7, 11) is -1.68. The number of thiophene rings is 1. The summed E-state index contributed by atoms with van der Waals surface area (Å²) in [6.45, 7) is 9.96. The van der Waals surface area contributed by atoms with Gasteiger partial charge in [-0.05, 0) is 69.1 Å². The highest BCUT2D eigenvalue weighted by atomic mass is 35.5. The van der Waals surface area contributed by atoms with Gasteiger partial charge in [-0.1, -0.05) is 22.8 Å². The molecule has 9 nitrogen and oxygen atoms in total. The fourth-order valence-corrected chi connectivity index (χ4v) is 7.81. The number of hydrogen-bond donors (Lipinski definition) is 1. The number of fused-ring (bicyclic) bond motifs is 1. The smallest absolute Gasteiger partial charge is 0.322 e. The summed E-state index contributed by atoms with van der Waals surface area (Å²) in [4.78, 5) is 4.65. The van der Waals surface area contributed by atoms with Gasteiger partial charge in [0, 0.05) is 54.2 Å². The highest BCUT2D eigenvalue weighted by Crippen LogP contribution is 2.36. The summed E-state index contributed by atoms with van der Waals surface area (Å²) in [6, 6.07) is 13.0. The molecule has 0 spiro atoms. The van der Waals surface area contributed by atoms with Crippen LogP contribution < -0.4 is 14.4 Å². The molecule has 1 aliphatic rings. The number of halogens is 1. The lowest BCUT2D eigenvalue weighted by molar-refractivity contribution is 0.312. The van der Waals surface area contributed by atoms with Crippen molar-refractivity contribution in [3.63, 3.8) is 0 Å². The normalized spacial score (nSPS) is 15.8. The zero-order chi connectivity index (χ0) is 27.0. The average molecular weight is 575 g/mol. The number of sulfonamides is 1. The van der Waals surface area contributed by atoms with Crippen molar-refractivity contribution in [2.45, 2.75) is 37.6 Å². The second-order valence-electron chi connectivity index (χ2n) is 9.47. The summed E-state index contributed by atoms with van der Waals surface area (Å²) >= 11 is 7.35. The van der Waals surface area contributed by atoms with E-state index in [2.05, 4.69) is 37.8 Å². The molecule has 38 heavy (non-hydrogen) atoms. The van der Waals surface area contributed by atoms with Crippen molar-refractivity contribution in [3.05, 3.63) is 58.9 Å². The van der Waals surface area contributed by atoms with Crippen LogP contribution in [0.5, 0.6) is 11.8 Å². The molecule has 1 aliphatic heterocycles. The third-order valence-electron chi connectivity index (χ3n) is 6.77. The molecule has 1 fully saturated rings. The van der Waals surface area contributed by atoms with E-state index in [-0.39, 0.29) is 4.21 Å². The van der Waals surface area contributed by atoms with Crippen molar-refractivity contribution in [3.8, 4) is 11.8 Å². The van der Waals surface area contributed by atoms with Crippen molar-refractivity contribution < 1.29 is 13.2 Å². The predicted octanol–water partition coefficient (Wildman–Crippen LogP) is 5.06. The van der Waals surface area contributed by atoms with Crippen LogP contribution in [-0.2, 0) is 16.6 Å². The van der Waals surface area contributed by atoms with Gasteiger partial charge < -0.3 is 14.5 Å². The fraction of sp³-hybridized carbons (Fsp3) is 0.385. The first-order valence-corrected chi connectivity index (χ1v) is 15.2. The molecule has 1 N–H and O–H groups in total. The van der Waals surface area contributed by atoms with Crippen LogP contribution in [0.3, 0.4) is 0 Å². The summed E-state index contributed by atoms with van der Waals surface area (Å²) in [5, 5.41) is 9.94. The van der Waals surface area contributed by atoms with Crippen molar-refractivity contribution in [1.82, 2.24) is 24.4 Å². The van der Waals surface area contributed by atoms with E-state index >= 15 is 0 Å². The average Bonchev–Trinajstić information content (AvgIpc) is 3.45. The molecule has 0 saturated carbocycles. The Morgan fingerprint density at radius 2 is 1.89 bits per heavy atom. The first kappa shape index (κ1) is 26.9. The third-order valence-corrected chi connectivity index (χ3v) is 10.4. The molecule has 0 radical (unpaired) electrons. The monoisotopic (exact) mass is 574 g/mol. The largest absolute Gasteiger partial charge is 0.424 e. The summed E-state index contributed by atoms with van der Waals surface area (Å²) in [5.41, 5.74) is 1.77. The Morgan fingerprint density at radius 1 is 1.13 bits per heavy atom. The minimum atomic E-state index is -3.82. The summed E-state index contributed by atoms with van der Waals surface area (Å²) < 4.78 is 38.6. The molecule has 1 atom stereocenters. The first-order valence-electron chi connectivity index (χ1n) is 12.5. The number of benzene rings is 2. The number of rotatable bonds is 8. The van der Waals surface area contributed by atoms with E-state index in [1.807, 2.05) is 31.2 Å². The molecule has 0 bridgehead atoms. The quantitative estimate of drug-likeness (QED) is 0.314. The Hall–Kier alpha value is -2.70. The maximum Gasteiger partial charge on any atom is 0.322 e. The number of piperazine rings is 1. The van der Waals surface area contributed by atoms with Crippen LogP contribution in [0, 0.1) is 6.92 Å². The van der Waals surface area contributed by atoms with Gasteiger partial charge in [0.2, 0.25) is 0 Å². The fourth-order valence-electron chi connectivity index (χ4n) is 4.67. The van der Waals surface area contributed by atoms with Crippen LogP contribution in [0.25, 0.3) is 10.1 Å². The molecular weight excluding hydrogens is 544 g/mol. The highest BCUT2D eigenvalue weighted by Gasteiger charge is 2.27. The maximum atomic E-state index is 13.4. The third kappa shape index (κ3) is 5.39. The molecule has 4 aromatic rings. The van der Waals surface area contributed by atoms with E-state index in [0.717, 1.165) is 42.0 Å². The number of aromatic nitrogens is 3. The molecule has 0 aliphatic carbocycles. The van der Waals surface area contributed by atoms with E-state index in [9.17, 15) is 8.42 Å². The number of likely N-dealkylation sites (N-methyl/N-ethyl adjacent to an activating group) is 1. The van der Waals surface area contributed by atoms with Crippen LogP contribution in [-0.4, -0.2) is 61.3 Å². The Morgan fingerprint density at radius 3 is 2.63 bits per heavy atom. The highest BCUT2D eigenvalue weighted by molar-refractivity contribution is 7.91. The number of nitrogens with zero attached hydrogens (tertiary/aromatic N) is 5. The van der Waals surface area contributed by atoms with E-state index < -0.39 is 16.1 Å². The number of nitrogens with one attached hydrogen (secondary N) is 1. The number of aryl methyl sites for hydroxylation is 1. The van der Waals surface area contributed by atoms with E-state index in [4.69, 9.17) is 16.3 Å². The lowest BCUT2D eigenvalue weighted by Gasteiger charge is -2.34. The van der Waals surface area contributed by atoms with Crippen LogP contribution in [0.1, 0.15) is 31.3 Å². The maximum absolute atomic E-state index is 13.4. The van der Waals surface area contributed by atoms with Crippen molar-refractivity contribution >= 4 is 48.7 Å². The van der Waals surface area contributed by atoms with Gasteiger partial charge in [0.25, 0.3) is 10.0 Å². The Balaban J connectivity index is 1.35. The minimum Gasteiger partial charge on any atom is -0.424 e. The van der Waals surface area contributed by atoms with E-state index in [0.29, 0.717) is 34.7 Å². The summed E-state index contributed by atoms with van der Waals surface area (Å²) in [6.07, 6.45) is 0. The predicted molar refractivity (Wildman–Crippen MR) is 152 cm³/mol. The molecule has 2 aromatic heterocycles. The zero-order valence-electron chi connectivity index (χ0n) is 21.8. The van der Waals surface area contributed by atoms with Crippen LogP contribution in [0.2, 0.25) is 5.02 Å². The van der Waals surface area contributed by atoms with E-state index in [1.165, 1.54) is 11.3 Å². The van der Waals surface area contributed by atoms with Gasteiger partial charge in [-0.15, -0.1) is 16.4 Å². The molecule has 1 saturated heterocycles. The molecule has 5 rings (SSSR count). The molecule has 202 valence electrons. The van der Waals surface area contributed by atoms with Crippen LogP contribution >= 0.6 is 22.9 Å². The lowest BCUT2D eigenvalue weighted by Crippen LogP contribution is -2.44. The van der Waals surface area contributed by atoms with Gasteiger partial charge >= 0.3 is 6.01 Å². The molecular formula is C26H31ClN6O3S2. The Kier molecular flexibility index (Phi) is 7.65. The Bertz CT molecular complexity index is 1560. The minimum absolute atomic E-state index is 0.265. The lowest BCUT2D eigenvalue weighted by atomic mass is 10.2. The molecule has 0 amide bonds. The SMILES string of the molecule is CCn1c(Oc2cccc(N3CCN(C)CC3)c2)nnc1[C@@H](C)NS(=O)(=O)c1sc2ccc(Cl)cc2c1C. The second kappa shape index (κ2) is 10.8. The van der Waals surface area contributed by atoms with Gasteiger partial charge in [0.15, 0.2) is 5.82 Å². The van der Waals surface area contributed by atoms with Gasteiger partial charge in [0.1, 0.15) is 9.96 Å². The first-order chi connectivity index (χ1) is 18.2. The summed E-state index contributed by atoms with van der Waals surface area (Å²) in [5.74, 6) is 1.13. The molecule has 12 heteroatoms.